The lowest BCUT2D eigenvalue weighted by atomic mass is 9.90. The zero-order valence-electron chi connectivity index (χ0n) is 21.6. The SMILES string of the molecule is CNC(=O)c1c(-c2ccc(F)cc2)oc2ccc(-c3cc(C(=O)CC4(c5ccccn5)CC4)ccc3C)nc12. The van der Waals surface area contributed by atoms with Gasteiger partial charge >= 0.3 is 0 Å². The van der Waals surface area contributed by atoms with Crippen LogP contribution in [0.15, 0.2) is 83.4 Å². The van der Waals surface area contributed by atoms with E-state index in [1.54, 1.807) is 24.4 Å². The number of aryl methyl sites for hydroxylation is 1. The van der Waals surface area contributed by atoms with Crippen LogP contribution in [0, 0.1) is 12.7 Å². The summed E-state index contributed by atoms with van der Waals surface area (Å²) in [5.41, 5.74) is 5.46. The first-order chi connectivity index (χ1) is 18.9. The highest BCUT2D eigenvalue weighted by atomic mass is 19.1. The Labute approximate surface area is 224 Å². The number of ketones is 1. The number of fused-ring (bicyclic) bond motifs is 1. The van der Waals surface area contributed by atoms with E-state index in [9.17, 15) is 14.0 Å². The number of halogens is 1. The maximum absolute atomic E-state index is 13.5. The van der Waals surface area contributed by atoms with Crippen LogP contribution < -0.4 is 5.32 Å². The summed E-state index contributed by atoms with van der Waals surface area (Å²) in [6.07, 6.45) is 4.08. The molecule has 0 spiro atoms. The maximum Gasteiger partial charge on any atom is 0.257 e. The van der Waals surface area contributed by atoms with Crippen molar-refractivity contribution in [3.05, 3.63) is 107 Å². The number of aromatic nitrogens is 2. The summed E-state index contributed by atoms with van der Waals surface area (Å²) >= 11 is 0. The average Bonchev–Trinajstić information content (AvgIpc) is 3.65. The largest absolute Gasteiger partial charge is 0.454 e. The van der Waals surface area contributed by atoms with E-state index in [1.165, 1.54) is 19.2 Å². The number of nitrogens with one attached hydrogen (secondary N) is 1. The molecule has 1 aliphatic carbocycles. The predicted molar refractivity (Wildman–Crippen MR) is 147 cm³/mol. The molecule has 7 heteroatoms. The van der Waals surface area contributed by atoms with Crippen LogP contribution in [-0.2, 0) is 5.41 Å². The van der Waals surface area contributed by atoms with Gasteiger partial charge in [-0.05, 0) is 79.9 Å². The third-order valence-corrected chi connectivity index (χ3v) is 7.49. The summed E-state index contributed by atoms with van der Waals surface area (Å²) in [5.74, 6) is -0.357. The second-order valence-corrected chi connectivity index (χ2v) is 10.1. The molecule has 3 aromatic heterocycles. The van der Waals surface area contributed by atoms with E-state index in [-0.39, 0.29) is 28.5 Å². The number of carbonyl (C=O) groups excluding carboxylic acids is 2. The molecule has 0 radical (unpaired) electrons. The first kappa shape index (κ1) is 24.7. The van der Waals surface area contributed by atoms with E-state index < -0.39 is 0 Å². The molecule has 39 heavy (non-hydrogen) atoms. The van der Waals surface area contributed by atoms with E-state index in [2.05, 4.69) is 10.3 Å². The number of benzene rings is 2. The van der Waals surface area contributed by atoms with Gasteiger partial charge in [0.25, 0.3) is 5.91 Å². The fraction of sp³-hybridized carbons (Fsp3) is 0.188. The predicted octanol–water partition coefficient (Wildman–Crippen LogP) is 6.67. The van der Waals surface area contributed by atoms with Gasteiger partial charge in [-0.15, -0.1) is 0 Å². The van der Waals surface area contributed by atoms with Crippen molar-refractivity contribution in [2.75, 3.05) is 7.05 Å². The minimum Gasteiger partial charge on any atom is -0.454 e. The van der Waals surface area contributed by atoms with Gasteiger partial charge in [0.2, 0.25) is 0 Å². The summed E-state index contributed by atoms with van der Waals surface area (Å²) < 4.78 is 19.6. The van der Waals surface area contributed by atoms with Gasteiger partial charge < -0.3 is 9.73 Å². The summed E-state index contributed by atoms with van der Waals surface area (Å²) in [5, 5.41) is 2.65. The molecular weight excluding hydrogens is 493 g/mol. The molecule has 1 amide bonds. The number of hydrogen-bond acceptors (Lipinski definition) is 5. The van der Waals surface area contributed by atoms with Crippen LogP contribution in [0.25, 0.3) is 33.7 Å². The lowest BCUT2D eigenvalue weighted by Crippen LogP contribution is -2.18. The molecule has 1 N–H and O–H groups in total. The number of Topliss-reactive ketones (excluding diaryl/α,β-unsaturated/α-hetero) is 1. The smallest absolute Gasteiger partial charge is 0.257 e. The third kappa shape index (κ3) is 4.50. The number of amides is 1. The van der Waals surface area contributed by atoms with E-state index in [4.69, 9.17) is 9.40 Å². The summed E-state index contributed by atoms with van der Waals surface area (Å²) in [7, 11) is 1.54. The molecule has 1 aliphatic rings. The van der Waals surface area contributed by atoms with Gasteiger partial charge in [-0.2, -0.15) is 0 Å². The minimum absolute atomic E-state index is 0.0634. The molecular formula is C32H26FN3O3. The van der Waals surface area contributed by atoms with Gasteiger partial charge in [0.1, 0.15) is 22.7 Å². The van der Waals surface area contributed by atoms with Crippen LogP contribution in [-0.4, -0.2) is 28.7 Å². The fourth-order valence-corrected chi connectivity index (χ4v) is 5.10. The van der Waals surface area contributed by atoms with Crippen molar-refractivity contribution >= 4 is 22.8 Å². The first-order valence-electron chi connectivity index (χ1n) is 12.9. The summed E-state index contributed by atoms with van der Waals surface area (Å²) in [6, 6.07) is 20.9. The number of hydrogen-bond donors (Lipinski definition) is 1. The molecule has 6 rings (SSSR count). The first-order valence-corrected chi connectivity index (χ1v) is 12.9. The third-order valence-electron chi connectivity index (χ3n) is 7.49. The van der Waals surface area contributed by atoms with Crippen molar-refractivity contribution in [3.63, 3.8) is 0 Å². The molecule has 1 fully saturated rings. The van der Waals surface area contributed by atoms with E-state index in [0.29, 0.717) is 40.1 Å². The highest BCUT2D eigenvalue weighted by molar-refractivity contribution is 6.10. The van der Waals surface area contributed by atoms with Crippen LogP contribution in [0.4, 0.5) is 4.39 Å². The Morgan fingerprint density at radius 2 is 1.82 bits per heavy atom. The Morgan fingerprint density at radius 1 is 1.03 bits per heavy atom. The fourth-order valence-electron chi connectivity index (χ4n) is 5.10. The van der Waals surface area contributed by atoms with E-state index in [0.717, 1.165) is 29.7 Å². The Kier molecular flexibility index (Phi) is 6.06. The second-order valence-electron chi connectivity index (χ2n) is 10.1. The van der Waals surface area contributed by atoms with Crippen molar-refractivity contribution in [2.24, 2.45) is 0 Å². The Morgan fingerprint density at radius 3 is 2.51 bits per heavy atom. The Hall–Kier alpha value is -4.65. The number of furan rings is 1. The molecule has 6 nitrogen and oxygen atoms in total. The number of nitrogens with zero attached hydrogens (tertiary/aromatic N) is 2. The molecule has 0 unspecified atom stereocenters. The van der Waals surface area contributed by atoms with E-state index >= 15 is 0 Å². The van der Waals surface area contributed by atoms with Crippen LogP contribution in [0.2, 0.25) is 0 Å². The van der Waals surface area contributed by atoms with Crippen LogP contribution >= 0.6 is 0 Å². The van der Waals surface area contributed by atoms with Gasteiger partial charge in [0.05, 0.1) is 5.69 Å². The standard InChI is InChI=1S/C32H26FN3O3/c1-19-6-7-21(25(37)18-32(14-15-32)27-5-3-4-16-35-27)17-23(19)24-12-13-26-29(36-24)28(31(38)34-2)30(39-26)20-8-10-22(33)11-9-20/h3-13,16-17H,14-15,18H2,1-2H3,(H,34,38). The average molecular weight is 520 g/mol. The van der Waals surface area contributed by atoms with E-state index in [1.807, 2.05) is 49.4 Å². The van der Waals surface area contributed by atoms with Crippen molar-refractivity contribution in [3.8, 4) is 22.6 Å². The molecule has 2 aromatic carbocycles. The van der Waals surface area contributed by atoms with Crippen molar-refractivity contribution in [2.45, 2.75) is 31.6 Å². The van der Waals surface area contributed by atoms with Crippen molar-refractivity contribution < 1.29 is 18.4 Å². The zero-order valence-corrected chi connectivity index (χ0v) is 21.6. The van der Waals surface area contributed by atoms with Crippen LogP contribution in [0.1, 0.15) is 51.2 Å². The van der Waals surface area contributed by atoms with Crippen molar-refractivity contribution in [1.29, 1.82) is 0 Å². The number of rotatable bonds is 7. The maximum atomic E-state index is 13.5. The van der Waals surface area contributed by atoms with Gasteiger partial charge in [-0.3, -0.25) is 14.6 Å². The normalized spacial score (nSPS) is 13.8. The highest BCUT2D eigenvalue weighted by Crippen LogP contribution is 2.50. The van der Waals surface area contributed by atoms with Crippen LogP contribution in [0.5, 0.6) is 0 Å². The molecule has 0 aliphatic heterocycles. The van der Waals surface area contributed by atoms with Gasteiger partial charge in [0, 0.05) is 47.5 Å². The van der Waals surface area contributed by atoms with Crippen molar-refractivity contribution in [1.82, 2.24) is 15.3 Å². The number of pyridine rings is 2. The second kappa shape index (κ2) is 9.58. The molecule has 0 atom stereocenters. The molecule has 1 saturated carbocycles. The monoisotopic (exact) mass is 519 g/mol. The Balaban J connectivity index is 1.39. The molecule has 0 saturated heterocycles. The number of carbonyl (C=O) groups is 2. The molecule has 194 valence electrons. The molecule has 0 bridgehead atoms. The summed E-state index contributed by atoms with van der Waals surface area (Å²) in [4.78, 5) is 35.7. The van der Waals surface area contributed by atoms with Gasteiger partial charge in [-0.1, -0.05) is 18.2 Å². The minimum atomic E-state index is -0.380. The topological polar surface area (TPSA) is 85.1 Å². The Bertz CT molecular complexity index is 1720. The van der Waals surface area contributed by atoms with Gasteiger partial charge in [-0.25, -0.2) is 9.37 Å². The van der Waals surface area contributed by atoms with Gasteiger partial charge in [0.15, 0.2) is 11.4 Å². The lowest BCUT2D eigenvalue weighted by molar-refractivity contribution is 0.0958. The molecule has 3 heterocycles. The molecule has 5 aromatic rings. The highest BCUT2D eigenvalue weighted by Gasteiger charge is 2.47. The van der Waals surface area contributed by atoms with Crippen LogP contribution in [0.3, 0.4) is 0 Å². The zero-order chi connectivity index (χ0) is 27.1. The lowest BCUT2D eigenvalue weighted by Gasteiger charge is -2.14. The quantitative estimate of drug-likeness (QED) is 0.243. The summed E-state index contributed by atoms with van der Waals surface area (Å²) in [6.45, 7) is 1.96.